The van der Waals surface area contributed by atoms with Gasteiger partial charge in [-0.1, -0.05) is 24.3 Å². The molecule has 0 N–H and O–H groups in total. The smallest absolute Gasteiger partial charge is 0.269 e. The fourth-order valence-electron chi connectivity index (χ4n) is 3.33. The maximum absolute atomic E-state index is 11.2. The molecule has 1 aromatic carbocycles. The van der Waals surface area contributed by atoms with E-state index in [1.807, 2.05) is 0 Å². The summed E-state index contributed by atoms with van der Waals surface area (Å²) in [5, 5.41) is 10.6. The van der Waals surface area contributed by atoms with Crippen LogP contribution in [0.25, 0.3) is 0 Å². The van der Waals surface area contributed by atoms with Crippen molar-refractivity contribution in [3.63, 3.8) is 0 Å². The van der Waals surface area contributed by atoms with E-state index < -0.39 is 4.92 Å². The topological polar surface area (TPSA) is 60.2 Å². The van der Waals surface area contributed by atoms with E-state index in [0.717, 1.165) is 18.3 Å². The maximum Gasteiger partial charge on any atom is 0.269 e. The molecule has 0 aliphatic heterocycles. The van der Waals surface area contributed by atoms with Crippen molar-refractivity contribution in [2.45, 2.75) is 12.3 Å². The molecule has 0 saturated heterocycles. The van der Waals surface area contributed by atoms with Crippen LogP contribution in [0, 0.1) is 27.9 Å². The first-order chi connectivity index (χ1) is 8.70. The van der Waals surface area contributed by atoms with Crippen molar-refractivity contribution in [1.29, 1.82) is 0 Å². The van der Waals surface area contributed by atoms with Crippen molar-refractivity contribution in [1.82, 2.24) is 0 Å². The number of non-ortho nitro benzene ring substituents is 1. The minimum atomic E-state index is -0.401. The SMILES string of the molecule is O=C[C@@H]1C2C=CC(C2)[C@H]1c1ccc([N+](=O)[O-])cc1. The molecule has 4 heteroatoms. The van der Waals surface area contributed by atoms with Gasteiger partial charge in [-0.2, -0.15) is 0 Å². The predicted molar refractivity (Wildman–Crippen MR) is 66.1 cm³/mol. The van der Waals surface area contributed by atoms with E-state index in [2.05, 4.69) is 12.2 Å². The molecular weight excluding hydrogens is 230 g/mol. The van der Waals surface area contributed by atoms with Gasteiger partial charge in [-0.15, -0.1) is 0 Å². The summed E-state index contributed by atoms with van der Waals surface area (Å²) in [6.07, 6.45) is 6.38. The molecule has 2 unspecified atom stereocenters. The van der Waals surface area contributed by atoms with Gasteiger partial charge >= 0.3 is 0 Å². The molecule has 2 aliphatic carbocycles. The monoisotopic (exact) mass is 243 g/mol. The number of allylic oxidation sites excluding steroid dienone is 2. The van der Waals surface area contributed by atoms with Crippen LogP contribution in [0.4, 0.5) is 5.69 Å². The highest BCUT2D eigenvalue weighted by molar-refractivity contribution is 5.60. The lowest BCUT2D eigenvalue weighted by atomic mass is 9.79. The summed E-state index contributed by atoms with van der Waals surface area (Å²) in [5.41, 5.74) is 1.13. The number of carbonyl (C=O) groups excluding carboxylic acids is 1. The second-order valence-corrected chi connectivity index (χ2v) is 5.04. The molecule has 0 heterocycles. The maximum atomic E-state index is 11.2. The molecule has 3 rings (SSSR count). The van der Waals surface area contributed by atoms with E-state index in [-0.39, 0.29) is 17.5 Å². The van der Waals surface area contributed by atoms with E-state index in [9.17, 15) is 14.9 Å². The minimum absolute atomic E-state index is 0.0291. The Morgan fingerprint density at radius 1 is 1.17 bits per heavy atom. The van der Waals surface area contributed by atoms with Crippen LogP contribution in [-0.4, -0.2) is 11.2 Å². The largest absolute Gasteiger partial charge is 0.303 e. The van der Waals surface area contributed by atoms with Gasteiger partial charge in [0.25, 0.3) is 5.69 Å². The molecule has 1 saturated carbocycles. The third-order valence-corrected chi connectivity index (χ3v) is 4.17. The molecule has 92 valence electrons. The lowest BCUT2D eigenvalue weighted by molar-refractivity contribution is -0.384. The van der Waals surface area contributed by atoms with Crippen molar-refractivity contribution in [3.05, 3.63) is 52.1 Å². The third-order valence-electron chi connectivity index (χ3n) is 4.17. The Balaban J connectivity index is 1.92. The van der Waals surface area contributed by atoms with Gasteiger partial charge in [-0.3, -0.25) is 10.1 Å². The molecule has 0 aromatic heterocycles. The van der Waals surface area contributed by atoms with E-state index in [4.69, 9.17) is 0 Å². The number of aldehydes is 1. The lowest BCUT2D eigenvalue weighted by Gasteiger charge is -2.24. The number of carbonyl (C=O) groups is 1. The van der Waals surface area contributed by atoms with Crippen LogP contribution in [-0.2, 0) is 4.79 Å². The van der Waals surface area contributed by atoms with Crippen LogP contribution in [0.15, 0.2) is 36.4 Å². The Hall–Kier alpha value is -1.97. The van der Waals surface area contributed by atoms with E-state index >= 15 is 0 Å². The highest BCUT2D eigenvalue weighted by atomic mass is 16.6. The fraction of sp³-hybridized carbons (Fsp3) is 0.357. The normalized spacial score (nSPS) is 32.7. The van der Waals surface area contributed by atoms with Gasteiger partial charge in [0, 0.05) is 24.0 Å². The average molecular weight is 243 g/mol. The molecule has 1 aromatic rings. The van der Waals surface area contributed by atoms with Crippen molar-refractivity contribution < 1.29 is 9.72 Å². The number of nitrogens with zero attached hydrogens (tertiary/aromatic N) is 1. The molecule has 2 aliphatic rings. The summed E-state index contributed by atoms with van der Waals surface area (Å²) in [6.45, 7) is 0. The summed E-state index contributed by atoms with van der Waals surface area (Å²) in [7, 11) is 0. The van der Waals surface area contributed by atoms with Crippen LogP contribution < -0.4 is 0 Å². The molecule has 0 amide bonds. The molecule has 4 nitrogen and oxygen atoms in total. The lowest BCUT2D eigenvalue weighted by Crippen LogP contribution is -2.18. The summed E-state index contributed by atoms with van der Waals surface area (Å²) < 4.78 is 0. The number of nitro groups is 1. The zero-order chi connectivity index (χ0) is 12.7. The van der Waals surface area contributed by atoms with Crippen molar-refractivity contribution in [3.8, 4) is 0 Å². The van der Waals surface area contributed by atoms with Crippen LogP contribution in [0.3, 0.4) is 0 Å². The summed E-state index contributed by atoms with van der Waals surface area (Å²) in [5.74, 6) is 0.985. The Kier molecular flexibility index (Phi) is 2.51. The summed E-state index contributed by atoms with van der Waals surface area (Å²) in [4.78, 5) is 21.4. The average Bonchev–Trinajstić information content (AvgIpc) is 2.98. The Bertz CT molecular complexity index is 520. The number of fused-ring (bicyclic) bond motifs is 2. The Labute approximate surface area is 104 Å². The first-order valence-electron chi connectivity index (χ1n) is 6.08. The van der Waals surface area contributed by atoms with E-state index in [1.54, 1.807) is 12.1 Å². The van der Waals surface area contributed by atoms with Gasteiger partial charge < -0.3 is 4.79 Å². The molecular formula is C14H13NO3. The zero-order valence-corrected chi connectivity index (χ0v) is 9.73. The summed E-state index contributed by atoms with van der Waals surface area (Å²) in [6, 6.07) is 6.61. The molecule has 0 spiro atoms. The van der Waals surface area contributed by atoms with Crippen LogP contribution in [0.5, 0.6) is 0 Å². The predicted octanol–water partition coefficient (Wildman–Crippen LogP) is 2.70. The van der Waals surface area contributed by atoms with Crippen LogP contribution in [0.1, 0.15) is 17.9 Å². The highest BCUT2D eigenvalue weighted by Crippen LogP contribution is 2.52. The molecule has 0 radical (unpaired) electrons. The van der Waals surface area contributed by atoms with Crippen molar-refractivity contribution in [2.24, 2.45) is 17.8 Å². The molecule has 2 bridgehead atoms. The quantitative estimate of drug-likeness (QED) is 0.355. The van der Waals surface area contributed by atoms with Crippen LogP contribution >= 0.6 is 0 Å². The fourth-order valence-corrected chi connectivity index (χ4v) is 3.33. The number of benzene rings is 1. The number of nitro benzene ring substituents is 1. The van der Waals surface area contributed by atoms with Crippen molar-refractivity contribution in [2.75, 3.05) is 0 Å². The molecule has 1 fully saturated rings. The number of rotatable bonds is 3. The standard InChI is InChI=1S/C14H13NO3/c16-8-13-10-1-2-11(7-10)14(13)9-3-5-12(6-4-9)15(17)18/h1-6,8,10-11,13-14H,7H2/t10?,11?,13-,14-/m1/s1. The first kappa shape index (κ1) is 11.1. The van der Waals surface area contributed by atoms with Crippen LogP contribution in [0.2, 0.25) is 0 Å². The van der Waals surface area contributed by atoms with Gasteiger partial charge in [0.2, 0.25) is 0 Å². The second kappa shape index (κ2) is 4.05. The highest BCUT2D eigenvalue weighted by Gasteiger charge is 2.44. The third kappa shape index (κ3) is 1.56. The van der Waals surface area contributed by atoms with E-state index in [1.165, 1.54) is 12.1 Å². The number of hydrogen-bond acceptors (Lipinski definition) is 3. The first-order valence-corrected chi connectivity index (χ1v) is 6.08. The summed E-state index contributed by atoms with van der Waals surface area (Å²) >= 11 is 0. The van der Waals surface area contributed by atoms with Crippen molar-refractivity contribution >= 4 is 12.0 Å². The van der Waals surface area contributed by atoms with Gasteiger partial charge in [-0.25, -0.2) is 0 Å². The van der Waals surface area contributed by atoms with Gasteiger partial charge in [0.1, 0.15) is 6.29 Å². The second-order valence-electron chi connectivity index (χ2n) is 5.04. The van der Waals surface area contributed by atoms with E-state index in [0.29, 0.717) is 11.8 Å². The number of hydrogen-bond donors (Lipinski definition) is 0. The Morgan fingerprint density at radius 3 is 2.44 bits per heavy atom. The van der Waals surface area contributed by atoms with Gasteiger partial charge in [-0.05, 0) is 23.8 Å². The Morgan fingerprint density at radius 2 is 1.83 bits per heavy atom. The molecule has 18 heavy (non-hydrogen) atoms. The zero-order valence-electron chi connectivity index (χ0n) is 9.73. The van der Waals surface area contributed by atoms with Gasteiger partial charge in [0.05, 0.1) is 4.92 Å². The minimum Gasteiger partial charge on any atom is -0.303 e. The molecule has 4 atom stereocenters. The van der Waals surface area contributed by atoms with Gasteiger partial charge in [0.15, 0.2) is 0 Å².